The fourth-order valence-electron chi connectivity index (χ4n) is 3.32. The first-order valence-electron chi connectivity index (χ1n) is 6.95. The van der Waals surface area contributed by atoms with Gasteiger partial charge in [0, 0.05) is 17.5 Å². The van der Waals surface area contributed by atoms with Crippen molar-refractivity contribution in [3.63, 3.8) is 0 Å². The summed E-state index contributed by atoms with van der Waals surface area (Å²) < 4.78 is 22.9. The van der Waals surface area contributed by atoms with Crippen LogP contribution in [0.2, 0.25) is 0 Å². The van der Waals surface area contributed by atoms with E-state index in [1.54, 1.807) is 0 Å². The van der Waals surface area contributed by atoms with Crippen molar-refractivity contribution in [2.24, 2.45) is 11.3 Å². The van der Waals surface area contributed by atoms with E-state index in [9.17, 15) is 8.42 Å². The highest BCUT2D eigenvalue weighted by Gasteiger charge is 2.35. The van der Waals surface area contributed by atoms with Crippen LogP contribution in [0.1, 0.15) is 46.5 Å². The van der Waals surface area contributed by atoms with Gasteiger partial charge in [0.25, 0.3) is 0 Å². The monoisotopic (exact) mass is 271 g/mol. The summed E-state index contributed by atoms with van der Waals surface area (Å²) in [4.78, 5) is 0. The number of hydrogen-bond donors (Lipinski definition) is 1. The van der Waals surface area contributed by atoms with Gasteiger partial charge >= 0.3 is 0 Å². The second-order valence-electron chi connectivity index (χ2n) is 6.79. The Morgan fingerprint density at radius 3 is 2.39 bits per heavy atom. The molecule has 0 amide bonds. The number of sulfone groups is 1. The normalized spacial score (nSPS) is 35.8. The predicted molar refractivity (Wildman–Crippen MR) is 75.1 cm³/mol. The van der Waals surface area contributed by atoms with Gasteiger partial charge < -0.3 is 5.32 Å². The van der Waals surface area contributed by atoms with Gasteiger partial charge in [0.15, 0.2) is 9.84 Å². The molecule has 4 heteroatoms. The smallest absolute Gasteiger partial charge is 0.173 e. The fraction of sp³-hybridized carbons (Fsp3) is 0.857. The third kappa shape index (κ3) is 3.35. The van der Waals surface area contributed by atoms with Crippen LogP contribution in [-0.2, 0) is 9.84 Å². The number of rotatable bonds is 2. The maximum atomic E-state index is 11.4. The van der Waals surface area contributed by atoms with Gasteiger partial charge in [-0.15, -0.1) is 0 Å². The van der Waals surface area contributed by atoms with Gasteiger partial charge in [-0.3, -0.25) is 0 Å². The fourth-order valence-corrected chi connectivity index (χ4v) is 4.57. The molecule has 104 valence electrons. The van der Waals surface area contributed by atoms with Gasteiger partial charge in [-0.05, 0) is 24.2 Å². The first-order chi connectivity index (χ1) is 8.28. The van der Waals surface area contributed by atoms with E-state index in [2.05, 4.69) is 26.1 Å². The molecule has 0 aromatic heterocycles. The molecule has 0 spiro atoms. The molecule has 0 radical (unpaired) electrons. The van der Waals surface area contributed by atoms with Crippen molar-refractivity contribution in [1.82, 2.24) is 5.32 Å². The largest absolute Gasteiger partial charge is 0.306 e. The van der Waals surface area contributed by atoms with Crippen LogP contribution in [0.4, 0.5) is 0 Å². The van der Waals surface area contributed by atoms with Crippen molar-refractivity contribution in [1.29, 1.82) is 0 Å². The molecule has 18 heavy (non-hydrogen) atoms. The molecule has 0 aromatic carbocycles. The van der Waals surface area contributed by atoms with E-state index < -0.39 is 9.84 Å². The summed E-state index contributed by atoms with van der Waals surface area (Å²) >= 11 is 0. The molecule has 2 rings (SSSR count). The molecule has 0 saturated heterocycles. The van der Waals surface area contributed by atoms with E-state index in [-0.39, 0.29) is 11.8 Å². The Bertz CT molecular complexity index is 420. The maximum Gasteiger partial charge on any atom is 0.173 e. The first-order valence-corrected chi connectivity index (χ1v) is 8.66. The third-order valence-corrected chi connectivity index (χ3v) is 5.63. The highest BCUT2D eigenvalue weighted by Crippen LogP contribution is 2.38. The summed E-state index contributed by atoms with van der Waals surface area (Å²) in [6.07, 6.45) is 6.80. The van der Waals surface area contributed by atoms with Crippen LogP contribution in [0, 0.1) is 11.3 Å². The lowest BCUT2D eigenvalue weighted by Crippen LogP contribution is -2.48. The van der Waals surface area contributed by atoms with Gasteiger partial charge in [0.2, 0.25) is 0 Å². The zero-order valence-electron chi connectivity index (χ0n) is 11.6. The van der Waals surface area contributed by atoms with Crippen molar-refractivity contribution >= 4 is 9.84 Å². The summed E-state index contributed by atoms with van der Waals surface area (Å²) in [6, 6.07) is 0.477. The van der Waals surface area contributed by atoms with Gasteiger partial charge in [0.1, 0.15) is 0 Å². The van der Waals surface area contributed by atoms with Gasteiger partial charge in [0.05, 0.1) is 5.75 Å². The second-order valence-corrected chi connectivity index (χ2v) is 8.73. The topological polar surface area (TPSA) is 46.2 Å². The molecule has 1 aliphatic heterocycles. The molecule has 3 atom stereocenters. The van der Waals surface area contributed by atoms with Gasteiger partial charge in [-0.25, -0.2) is 8.42 Å². The van der Waals surface area contributed by atoms with E-state index in [1.165, 1.54) is 31.1 Å². The van der Waals surface area contributed by atoms with Crippen LogP contribution < -0.4 is 5.32 Å². The highest BCUT2D eigenvalue weighted by molar-refractivity contribution is 7.94. The third-order valence-electron chi connectivity index (χ3n) is 4.24. The second kappa shape index (κ2) is 4.97. The lowest BCUT2D eigenvalue weighted by atomic mass is 9.69. The Kier molecular flexibility index (Phi) is 3.88. The molecule has 0 aromatic rings. The summed E-state index contributed by atoms with van der Waals surface area (Å²) in [6.45, 7) is 6.87. The molecular formula is C14H25NO2S. The summed E-state index contributed by atoms with van der Waals surface area (Å²) in [5, 5.41) is 4.92. The Hall–Kier alpha value is -0.350. The zero-order chi connectivity index (χ0) is 13.4. The van der Waals surface area contributed by atoms with Crippen molar-refractivity contribution in [3.8, 4) is 0 Å². The lowest BCUT2D eigenvalue weighted by molar-refractivity contribution is 0.128. The van der Waals surface area contributed by atoms with E-state index in [1.807, 2.05) is 6.08 Å². The Balaban J connectivity index is 2.01. The van der Waals surface area contributed by atoms with E-state index >= 15 is 0 Å². The van der Waals surface area contributed by atoms with Crippen LogP contribution in [-0.4, -0.2) is 26.3 Å². The molecule has 1 saturated carbocycles. The highest BCUT2D eigenvalue weighted by atomic mass is 32.2. The maximum absolute atomic E-state index is 11.4. The molecule has 1 aliphatic carbocycles. The molecular weight excluding hydrogens is 246 g/mol. The van der Waals surface area contributed by atoms with Gasteiger partial charge in [-0.2, -0.15) is 0 Å². The molecule has 0 bridgehead atoms. The minimum atomic E-state index is -2.94. The van der Waals surface area contributed by atoms with Crippen LogP contribution >= 0.6 is 0 Å². The SMILES string of the molecule is CC(C)(C)C1CCCCC1NC1C=CS(=O)(=O)C1. The Morgan fingerprint density at radius 1 is 1.17 bits per heavy atom. The first kappa shape index (κ1) is 14.1. The standard InChI is InChI=1S/C14H25NO2S/c1-14(2,3)12-6-4-5-7-13(12)15-11-8-9-18(16,17)10-11/h8-9,11-13,15H,4-7,10H2,1-3H3. The average molecular weight is 271 g/mol. The zero-order valence-corrected chi connectivity index (χ0v) is 12.5. The molecule has 2 aliphatic rings. The lowest BCUT2D eigenvalue weighted by Gasteiger charge is -2.41. The van der Waals surface area contributed by atoms with Crippen molar-refractivity contribution < 1.29 is 8.42 Å². The number of hydrogen-bond acceptors (Lipinski definition) is 3. The predicted octanol–water partition coefficient (Wildman–Crippen LogP) is 2.49. The van der Waals surface area contributed by atoms with E-state index in [0.717, 1.165) is 0 Å². The van der Waals surface area contributed by atoms with Gasteiger partial charge in [-0.1, -0.05) is 39.7 Å². The Morgan fingerprint density at radius 2 is 1.83 bits per heavy atom. The van der Waals surface area contributed by atoms with Crippen LogP contribution in [0.25, 0.3) is 0 Å². The van der Waals surface area contributed by atoms with Crippen LogP contribution in [0.3, 0.4) is 0 Å². The van der Waals surface area contributed by atoms with E-state index in [4.69, 9.17) is 0 Å². The van der Waals surface area contributed by atoms with Crippen LogP contribution in [0.15, 0.2) is 11.5 Å². The van der Waals surface area contributed by atoms with E-state index in [0.29, 0.717) is 17.4 Å². The van der Waals surface area contributed by atoms with Crippen molar-refractivity contribution in [2.45, 2.75) is 58.5 Å². The van der Waals surface area contributed by atoms with Crippen molar-refractivity contribution in [3.05, 3.63) is 11.5 Å². The molecule has 1 fully saturated rings. The Labute approximate surface area is 111 Å². The molecule has 1 N–H and O–H groups in total. The minimum absolute atomic E-state index is 0.0166. The van der Waals surface area contributed by atoms with Crippen molar-refractivity contribution in [2.75, 3.05) is 5.75 Å². The molecule has 3 unspecified atom stereocenters. The van der Waals surface area contributed by atoms with Crippen LogP contribution in [0.5, 0.6) is 0 Å². The summed E-state index contributed by atoms with van der Waals surface area (Å²) in [7, 11) is -2.94. The quantitative estimate of drug-likeness (QED) is 0.839. The summed E-state index contributed by atoms with van der Waals surface area (Å²) in [5.74, 6) is 0.878. The molecule has 3 nitrogen and oxygen atoms in total. The average Bonchev–Trinajstić information content (AvgIpc) is 2.57. The minimum Gasteiger partial charge on any atom is -0.306 e. The summed E-state index contributed by atoms with van der Waals surface area (Å²) in [5.41, 5.74) is 0.291. The molecule has 1 heterocycles. The number of nitrogens with one attached hydrogen (secondary N) is 1.